The number of hydrogen-bond donors (Lipinski definition) is 6. The Morgan fingerprint density at radius 3 is 1.18 bits per heavy atom. The van der Waals surface area contributed by atoms with Gasteiger partial charge in [-0.3, -0.25) is 13.8 Å². The minimum Gasteiger partial charge on any atom is -0.457 e. The highest BCUT2D eigenvalue weighted by molar-refractivity contribution is 7.47. The van der Waals surface area contributed by atoms with E-state index in [4.69, 9.17) is 18.5 Å². The van der Waals surface area contributed by atoms with E-state index in [1.165, 1.54) is 0 Å². The van der Waals surface area contributed by atoms with Gasteiger partial charge in [-0.2, -0.15) is 0 Å². The van der Waals surface area contributed by atoms with Crippen molar-refractivity contribution in [3.63, 3.8) is 0 Å². The number of carbonyl (C=O) groups is 1. The molecule has 0 spiro atoms. The number of esters is 1. The van der Waals surface area contributed by atoms with Crippen LogP contribution < -0.4 is 0 Å². The predicted molar refractivity (Wildman–Crippen MR) is 294 cm³/mol. The zero-order chi connectivity index (χ0) is 52.6. The van der Waals surface area contributed by atoms with Crippen LogP contribution >= 0.6 is 7.82 Å². The third-order valence-electron chi connectivity index (χ3n) is 11.2. The number of allylic oxidation sites excluding steroid dienone is 24. The minimum atomic E-state index is -5.06. The summed E-state index contributed by atoms with van der Waals surface area (Å²) < 4.78 is 34.3. The molecule has 72 heavy (non-hydrogen) atoms. The largest absolute Gasteiger partial charge is 0.472 e. The summed E-state index contributed by atoms with van der Waals surface area (Å²) in [5.41, 5.74) is 0. The molecule has 0 aromatic rings. The van der Waals surface area contributed by atoms with Gasteiger partial charge in [-0.05, 0) is 116 Å². The van der Waals surface area contributed by atoms with E-state index in [9.17, 15) is 39.8 Å². The van der Waals surface area contributed by atoms with Crippen molar-refractivity contribution in [3.8, 4) is 0 Å². The first-order valence-electron chi connectivity index (χ1n) is 26.7. The molecule has 0 aliphatic heterocycles. The predicted octanol–water partition coefficient (Wildman–Crippen LogP) is 12.5. The highest BCUT2D eigenvalue weighted by Crippen LogP contribution is 2.47. The molecule has 0 radical (unpaired) electrons. The van der Waals surface area contributed by atoms with Crippen LogP contribution in [0.15, 0.2) is 146 Å². The second kappa shape index (κ2) is 47.0. The van der Waals surface area contributed by atoms with Gasteiger partial charge in [-0.15, -0.1) is 0 Å². The lowest BCUT2D eigenvalue weighted by Gasteiger charge is -2.41. The maximum absolute atomic E-state index is 12.9. The van der Waals surface area contributed by atoms with Crippen LogP contribution in [0.2, 0.25) is 0 Å². The molecule has 406 valence electrons. The third-order valence-corrected chi connectivity index (χ3v) is 12.2. The fourth-order valence-corrected chi connectivity index (χ4v) is 8.04. The molecule has 1 rings (SSSR count). The number of carbonyl (C=O) groups excluding carboxylic acids is 1. The van der Waals surface area contributed by atoms with Crippen LogP contribution in [0.4, 0.5) is 0 Å². The quantitative estimate of drug-likeness (QED) is 0.0147. The zero-order valence-electron chi connectivity index (χ0n) is 43.7. The van der Waals surface area contributed by atoms with E-state index in [-0.39, 0.29) is 13.0 Å². The number of phosphoric ester groups is 1. The van der Waals surface area contributed by atoms with Crippen molar-refractivity contribution in [2.45, 2.75) is 198 Å². The van der Waals surface area contributed by atoms with Crippen LogP contribution in [0.1, 0.15) is 155 Å². The Hall–Kier alpha value is -3.78. The Labute approximate surface area is 434 Å². The van der Waals surface area contributed by atoms with E-state index in [2.05, 4.69) is 160 Å². The van der Waals surface area contributed by atoms with Gasteiger partial charge in [0.2, 0.25) is 0 Å². The van der Waals surface area contributed by atoms with Gasteiger partial charge < -0.3 is 39.9 Å². The lowest BCUT2D eigenvalue weighted by atomic mass is 9.85. The van der Waals surface area contributed by atoms with E-state index in [1.54, 1.807) is 0 Å². The average molecular weight is 1030 g/mol. The number of aliphatic hydroxyl groups excluding tert-OH is 5. The van der Waals surface area contributed by atoms with Gasteiger partial charge in [0, 0.05) is 13.0 Å². The first-order valence-corrected chi connectivity index (χ1v) is 28.2. The van der Waals surface area contributed by atoms with Gasteiger partial charge >= 0.3 is 13.8 Å². The Morgan fingerprint density at radius 1 is 0.444 bits per heavy atom. The summed E-state index contributed by atoms with van der Waals surface area (Å²) in [6.07, 6.45) is 59.1. The number of unbranched alkanes of at least 4 members (excludes halogenated alkanes) is 7. The molecule has 12 nitrogen and oxygen atoms in total. The summed E-state index contributed by atoms with van der Waals surface area (Å²) >= 11 is 0. The molecule has 1 aliphatic rings. The molecule has 6 N–H and O–H groups in total. The SMILES string of the molecule is CC/C=C\C/C=C\C/C=C\C/C=C\C/C=C\C/C=C\C/C=C\CCCCOCC(COP(=O)(O)OC1C(O)C(O)C(O)C(O)C1O)OC(=O)CCCCCCC/C=C\C/C=C\C/C=C\C/C=C\C/C=C\CC. The van der Waals surface area contributed by atoms with Crippen molar-refractivity contribution in [2.75, 3.05) is 19.8 Å². The molecule has 0 amide bonds. The third kappa shape index (κ3) is 37.9. The van der Waals surface area contributed by atoms with E-state index in [1.807, 2.05) is 0 Å². The molecule has 1 aliphatic carbocycles. The lowest BCUT2D eigenvalue weighted by Crippen LogP contribution is -2.64. The van der Waals surface area contributed by atoms with Crippen molar-refractivity contribution < 1.29 is 58.3 Å². The van der Waals surface area contributed by atoms with Gasteiger partial charge in [0.25, 0.3) is 0 Å². The fraction of sp³-hybridized carbons (Fsp3) is 0.576. The molecule has 0 aromatic carbocycles. The van der Waals surface area contributed by atoms with E-state index >= 15 is 0 Å². The molecule has 0 bridgehead atoms. The van der Waals surface area contributed by atoms with Gasteiger partial charge in [0.15, 0.2) is 0 Å². The van der Waals surface area contributed by atoms with Crippen LogP contribution in [0.25, 0.3) is 0 Å². The van der Waals surface area contributed by atoms with Crippen LogP contribution in [-0.2, 0) is 27.9 Å². The maximum atomic E-state index is 12.9. The highest BCUT2D eigenvalue weighted by Gasteiger charge is 2.51. The van der Waals surface area contributed by atoms with Crippen LogP contribution in [-0.4, -0.2) is 98.9 Å². The van der Waals surface area contributed by atoms with Crippen molar-refractivity contribution in [2.24, 2.45) is 0 Å². The lowest BCUT2D eigenvalue weighted by molar-refractivity contribution is -0.220. The monoisotopic (exact) mass is 1020 g/mol. The first-order chi connectivity index (χ1) is 35.0. The average Bonchev–Trinajstić information content (AvgIpc) is 3.37. The molecule has 0 heterocycles. The molecule has 0 saturated heterocycles. The van der Waals surface area contributed by atoms with Gasteiger partial charge in [-0.1, -0.05) is 179 Å². The topological polar surface area (TPSA) is 192 Å². The molecule has 13 heteroatoms. The summed E-state index contributed by atoms with van der Waals surface area (Å²) in [5.74, 6) is -0.518. The van der Waals surface area contributed by atoms with Gasteiger partial charge in [0.1, 0.15) is 42.7 Å². The Morgan fingerprint density at radius 2 is 0.778 bits per heavy atom. The van der Waals surface area contributed by atoms with Gasteiger partial charge in [0.05, 0.1) is 13.2 Å². The summed E-state index contributed by atoms with van der Waals surface area (Å²) in [4.78, 5) is 23.3. The summed E-state index contributed by atoms with van der Waals surface area (Å²) in [5, 5.41) is 50.4. The summed E-state index contributed by atoms with van der Waals surface area (Å²) in [6, 6.07) is 0. The number of rotatable bonds is 43. The zero-order valence-corrected chi connectivity index (χ0v) is 44.5. The van der Waals surface area contributed by atoms with Crippen LogP contribution in [0.5, 0.6) is 0 Å². The molecular weight excluding hydrogens is 932 g/mol. The normalized spacial score (nSPS) is 21.8. The molecule has 6 unspecified atom stereocenters. The number of hydrogen-bond acceptors (Lipinski definition) is 11. The molecule has 1 fully saturated rings. The number of aliphatic hydroxyl groups is 5. The van der Waals surface area contributed by atoms with Gasteiger partial charge in [-0.25, -0.2) is 4.57 Å². The van der Waals surface area contributed by atoms with Crippen molar-refractivity contribution in [3.05, 3.63) is 146 Å². The second-order valence-corrected chi connectivity index (χ2v) is 19.0. The van der Waals surface area contributed by atoms with E-state index in [0.29, 0.717) is 13.0 Å². The minimum absolute atomic E-state index is 0.127. The Kier molecular flexibility index (Phi) is 43.2. The second-order valence-electron chi connectivity index (χ2n) is 17.6. The van der Waals surface area contributed by atoms with Crippen molar-refractivity contribution in [1.29, 1.82) is 0 Å². The van der Waals surface area contributed by atoms with Crippen LogP contribution in [0.3, 0.4) is 0 Å². The number of phosphoric acid groups is 1. The number of ether oxygens (including phenoxy) is 2. The molecule has 0 aromatic heterocycles. The molecular formula is C59H93O12P. The van der Waals surface area contributed by atoms with E-state index in [0.717, 1.165) is 128 Å². The van der Waals surface area contributed by atoms with Crippen LogP contribution in [0, 0.1) is 0 Å². The van der Waals surface area contributed by atoms with Crippen molar-refractivity contribution >= 4 is 13.8 Å². The maximum Gasteiger partial charge on any atom is 0.472 e. The Balaban J connectivity index is 2.41. The molecule has 1 saturated carbocycles. The van der Waals surface area contributed by atoms with Crippen molar-refractivity contribution in [1.82, 2.24) is 0 Å². The highest BCUT2D eigenvalue weighted by atomic mass is 31.2. The molecule has 6 atom stereocenters. The Bertz CT molecular complexity index is 1740. The fourth-order valence-electron chi connectivity index (χ4n) is 7.07. The standard InChI is InChI=1S/C59H93O12P/c1-3-5-7-9-11-13-15-17-19-21-23-25-26-27-29-31-33-35-37-39-41-43-45-47-49-68-50-52(51-69-72(66,67)71-59-57(64)55(62)54(61)56(63)58(59)65)70-53(60)48-46-44-42-40-38-36-34-32-30-28-24-22-20-18-16-14-12-10-8-6-4-2/h5-8,11-14,17-20,23-25,27-29,32-35,39,41,52,54-59,61-65H,3-4,9-10,15-16,21-22,26,30-31,36-38,40,42-51H2,1-2H3,(H,66,67)/b7-5-,8-6-,13-11-,14-12-,19-17-,20-18-,25-23-,28-24-,29-27-,34-32-,35-33-,41-39-. The smallest absolute Gasteiger partial charge is 0.457 e. The summed E-state index contributed by atoms with van der Waals surface area (Å²) in [6.45, 7) is 3.89. The first kappa shape index (κ1) is 66.2. The summed E-state index contributed by atoms with van der Waals surface area (Å²) in [7, 11) is -5.06. The van der Waals surface area contributed by atoms with E-state index < -0.39 is 63.1 Å².